The molecule has 0 aliphatic heterocycles. The number of unbranched alkanes of at least 4 members (excludes halogenated alkanes) is 8. The quantitative estimate of drug-likeness (QED) is 0.190. The fraction of sp³-hybridized carbons (Fsp3) is 0.909. The zero-order valence-electron chi connectivity index (χ0n) is 18.9. The lowest BCUT2D eigenvalue weighted by Crippen LogP contribution is -2.21. The molecule has 8 nitrogen and oxygen atoms in total. The molecular weight excluding hydrogens is 392 g/mol. The van der Waals surface area contributed by atoms with Crippen LogP contribution in [0.25, 0.3) is 0 Å². The van der Waals surface area contributed by atoms with E-state index in [0.29, 0.717) is 12.8 Å². The van der Waals surface area contributed by atoms with Gasteiger partial charge in [0.05, 0.1) is 13.2 Å². The van der Waals surface area contributed by atoms with Crippen LogP contribution in [0.2, 0.25) is 0 Å². The van der Waals surface area contributed by atoms with Crippen LogP contribution < -0.4 is 0 Å². The summed E-state index contributed by atoms with van der Waals surface area (Å²) in [6, 6.07) is 0. The fourth-order valence-electron chi connectivity index (χ4n) is 2.37. The summed E-state index contributed by atoms with van der Waals surface area (Å²) in [5.74, 6) is -0.585. The molecule has 0 rings (SSSR count). The number of hydrogen-bond donors (Lipinski definition) is 4. The Balaban J connectivity index is 0. The van der Waals surface area contributed by atoms with Gasteiger partial charge in [0.15, 0.2) is 0 Å². The molecule has 0 radical (unpaired) electrons. The first kappa shape index (κ1) is 31.0. The SMILES string of the molecule is CCCCCCCC(=O)OCC(O)CO.CCCCCCCC(=O)OCC(O)CO. The molecule has 0 saturated heterocycles. The van der Waals surface area contributed by atoms with Crippen molar-refractivity contribution in [2.45, 2.75) is 103 Å². The van der Waals surface area contributed by atoms with Crippen LogP contribution >= 0.6 is 0 Å². The average Bonchev–Trinajstić information content (AvgIpc) is 2.75. The Labute approximate surface area is 181 Å². The largest absolute Gasteiger partial charge is 0.463 e. The molecular formula is C22H44O8. The second-order valence-corrected chi connectivity index (χ2v) is 7.37. The summed E-state index contributed by atoms with van der Waals surface area (Å²) in [7, 11) is 0. The molecule has 0 heterocycles. The zero-order valence-corrected chi connectivity index (χ0v) is 18.9. The van der Waals surface area contributed by atoms with E-state index in [1.807, 2.05) is 0 Å². The van der Waals surface area contributed by atoms with Crippen LogP contribution in [0, 0.1) is 0 Å². The van der Waals surface area contributed by atoms with E-state index in [-0.39, 0.29) is 38.4 Å². The number of carbonyl (C=O) groups excluding carboxylic acids is 2. The monoisotopic (exact) mass is 436 g/mol. The van der Waals surface area contributed by atoms with Crippen molar-refractivity contribution >= 4 is 11.9 Å². The molecule has 0 aromatic carbocycles. The van der Waals surface area contributed by atoms with Gasteiger partial charge in [-0.05, 0) is 12.8 Å². The highest BCUT2D eigenvalue weighted by Crippen LogP contribution is 2.06. The second-order valence-electron chi connectivity index (χ2n) is 7.37. The van der Waals surface area contributed by atoms with E-state index in [2.05, 4.69) is 13.8 Å². The number of ether oxygens (including phenoxy) is 2. The lowest BCUT2D eigenvalue weighted by Gasteiger charge is -2.08. The molecule has 0 aliphatic carbocycles. The van der Waals surface area contributed by atoms with E-state index in [4.69, 9.17) is 29.9 Å². The third-order valence-corrected chi connectivity index (χ3v) is 4.26. The summed E-state index contributed by atoms with van der Waals surface area (Å²) in [6.45, 7) is 3.33. The number of esters is 2. The molecule has 0 aromatic rings. The highest BCUT2D eigenvalue weighted by atomic mass is 16.5. The smallest absolute Gasteiger partial charge is 0.305 e. The van der Waals surface area contributed by atoms with Gasteiger partial charge in [-0.3, -0.25) is 9.59 Å². The first-order valence-electron chi connectivity index (χ1n) is 11.3. The molecule has 8 heteroatoms. The molecule has 2 unspecified atom stereocenters. The lowest BCUT2D eigenvalue weighted by atomic mass is 10.1. The molecule has 30 heavy (non-hydrogen) atoms. The van der Waals surface area contributed by atoms with Crippen molar-refractivity contribution in [2.75, 3.05) is 26.4 Å². The van der Waals surface area contributed by atoms with Crippen LogP contribution in [0.4, 0.5) is 0 Å². The number of hydrogen-bond acceptors (Lipinski definition) is 8. The molecule has 0 spiro atoms. The third-order valence-electron chi connectivity index (χ3n) is 4.26. The predicted octanol–water partition coefficient (Wildman–Crippen LogP) is 2.49. The average molecular weight is 437 g/mol. The van der Waals surface area contributed by atoms with Gasteiger partial charge in [-0.25, -0.2) is 0 Å². The Morgan fingerprint density at radius 1 is 0.633 bits per heavy atom. The molecule has 0 fully saturated rings. The van der Waals surface area contributed by atoms with Crippen molar-refractivity contribution in [1.29, 1.82) is 0 Å². The standard InChI is InChI=1S/2C11H22O4/c2*1-2-3-4-5-6-7-11(14)15-9-10(13)8-12/h2*10,12-13H,2-9H2,1H3. The minimum Gasteiger partial charge on any atom is -0.463 e. The normalized spacial score (nSPS) is 12.5. The van der Waals surface area contributed by atoms with E-state index in [0.717, 1.165) is 38.5 Å². The maximum atomic E-state index is 11.1. The molecule has 0 aliphatic rings. The van der Waals surface area contributed by atoms with Crippen LogP contribution in [0.3, 0.4) is 0 Å². The lowest BCUT2D eigenvalue weighted by molar-refractivity contribution is -0.148. The minimum atomic E-state index is -0.950. The van der Waals surface area contributed by atoms with E-state index >= 15 is 0 Å². The molecule has 180 valence electrons. The Kier molecular flexibility index (Phi) is 24.8. The van der Waals surface area contributed by atoms with Crippen molar-refractivity contribution in [2.24, 2.45) is 0 Å². The maximum Gasteiger partial charge on any atom is 0.305 e. The fourth-order valence-corrected chi connectivity index (χ4v) is 2.37. The zero-order chi connectivity index (χ0) is 23.0. The topological polar surface area (TPSA) is 134 Å². The van der Waals surface area contributed by atoms with Crippen LogP contribution in [-0.2, 0) is 19.1 Å². The van der Waals surface area contributed by atoms with Gasteiger partial charge in [0.25, 0.3) is 0 Å². The van der Waals surface area contributed by atoms with Gasteiger partial charge in [0.2, 0.25) is 0 Å². The predicted molar refractivity (Wildman–Crippen MR) is 115 cm³/mol. The Bertz CT molecular complexity index is 353. The Hall–Kier alpha value is -1.22. The van der Waals surface area contributed by atoms with Crippen molar-refractivity contribution in [1.82, 2.24) is 0 Å². The molecule has 0 bridgehead atoms. The second kappa shape index (κ2) is 24.1. The van der Waals surface area contributed by atoms with Crippen LogP contribution in [0.5, 0.6) is 0 Å². The van der Waals surface area contributed by atoms with E-state index in [1.165, 1.54) is 25.7 Å². The molecule has 2 atom stereocenters. The van der Waals surface area contributed by atoms with Gasteiger partial charge in [-0.2, -0.15) is 0 Å². The van der Waals surface area contributed by atoms with Gasteiger partial charge in [-0.15, -0.1) is 0 Å². The highest BCUT2D eigenvalue weighted by molar-refractivity contribution is 5.69. The summed E-state index contributed by atoms with van der Waals surface area (Å²) in [5.41, 5.74) is 0. The molecule has 0 aromatic heterocycles. The van der Waals surface area contributed by atoms with Gasteiger partial charge >= 0.3 is 11.9 Å². The van der Waals surface area contributed by atoms with Gasteiger partial charge < -0.3 is 29.9 Å². The number of aliphatic hydroxyl groups is 4. The van der Waals surface area contributed by atoms with Gasteiger partial charge in [0, 0.05) is 12.8 Å². The summed E-state index contributed by atoms with van der Waals surface area (Å²) >= 11 is 0. The van der Waals surface area contributed by atoms with Crippen molar-refractivity contribution in [3.8, 4) is 0 Å². The van der Waals surface area contributed by atoms with E-state index in [9.17, 15) is 9.59 Å². The van der Waals surface area contributed by atoms with Crippen molar-refractivity contribution in [3.63, 3.8) is 0 Å². The molecule has 0 saturated carbocycles. The van der Waals surface area contributed by atoms with Crippen LogP contribution in [0.15, 0.2) is 0 Å². The first-order valence-corrected chi connectivity index (χ1v) is 11.3. The van der Waals surface area contributed by atoms with E-state index < -0.39 is 12.2 Å². The number of carbonyl (C=O) groups is 2. The van der Waals surface area contributed by atoms with Gasteiger partial charge in [-0.1, -0.05) is 65.2 Å². The summed E-state index contributed by atoms with van der Waals surface area (Å²) in [5, 5.41) is 34.8. The van der Waals surface area contributed by atoms with Crippen molar-refractivity contribution in [3.05, 3.63) is 0 Å². The maximum absolute atomic E-state index is 11.1. The molecule has 4 N–H and O–H groups in total. The number of rotatable bonds is 18. The minimum absolute atomic E-state index is 0.107. The first-order chi connectivity index (χ1) is 14.4. The Morgan fingerprint density at radius 3 is 1.27 bits per heavy atom. The third kappa shape index (κ3) is 24.8. The van der Waals surface area contributed by atoms with Crippen molar-refractivity contribution < 1.29 is 39.5 Å². The van der Waals surface area contributed by atoms with Gasteiger partial charge in [0.1, 0.15) is 25.4 Å². The molecule has 0 amide bonds. The van der Waals surface area contributed by atoms with Crippen LogP contribution in [0.1, 0.15) is 90.9 Å². The number of aliphatic hydroxyl groups excluding tert-OH is 4. The van der Waals surface area contributed by atoms with Crippen LogP contribution in [-0.4, -0.2) is 71.0 Å². The summed E-state index contributed by atoms with van der Waals surface area (Å²) in [4.78, 5) is 22.2. The summed E-state index contributed by atoms with van der Waals surface area (Å²) in [6.07, 6.45) is 9.79. The van der Waals surface area contributed by atoms with E-state index in [1.54, 1.807) is 0 Å². The summed E-state index contributed by atoms with van der Waals surface area (Å²) < 4.78 is 9.50. The highest BCUT2D eigenvalue weighted by Gasteiger charge is 2.08. The Morgan fingerprint density at radius 2 is 0.967 bits per heavy atom.